The minimum Gasteiger partial charge on any atom is -0.383 e. The van der Waals surface area contributed by atoms with Gasteiger partial charge in [0.15, 0.2) is 11.5 Å². The van der Waals surface area contributed by atoms with Crippen LogP contribution in [0.2, 0.25) is 0 Å². The van der Waals surface area contributed by atoms with Crippen LogP contribution < -0.4 is 11.1 Å². The summed E-state index contributed by atoms with van der Waals surface area (Å²) in [4.78, 5) is 8.58. The van der Waals surface area contributed by atoms with Crippen LogP contribution in [0.1, 0.15) is 37.3 Å². The monoisotopic (exact) mass is 308 g/mol. The summed E-state index contributed by atoms with van der Waals surface area (Å²) in [5.74, 6) is 1.20. The maximum absolute atomic E-state index is 6.11. The average Bonchev–Trinajstić information content (AvgIpc) is 3.16. The van der Waals surface area contributed by atoms with Gasteiger partial charge in [0.05, 0.1) is 6.04 Å². The quantitative estimate of drug-likeness (QED) is 0.773. The van der Waals surface area contributed by atoms with Crippen LogP contribution in [-0.4, -0.2) is 19.7 Å². The second-order valence-electron chi connectivity index (χ2n) is 6.18. The number of hydrogen-bond acceptors (Lipinski definition) is 5. The third-order valence-electron chi connectivity index (χ3n) is 4.47. The molecular weight excluding hydrogens is 288 g/mol. The van der Waals surface area contributed by atoms with Crippen LogP contribution in [0.5, 0.6) is 0 Å². The first-order chi connectivity index (χ1) is 11.2. The number of nitrogens with zero attached hydrogens (tertiary/aromatic N) is 4. The standard InChI is InChI=1S/C17H20N6/c1-11-5-4-6-12(9-11)21-16-14-15(18)19-10-20-17(14)23(22-16)13-7-2-3-8-13/h4-6,9-10,13H,2-3,7-8H2,1H3,(H,21,22)(H2,18,19,20). The SMILES string of the molecule is Cc1cccc(Nc2nn(C3CCCC3)c3ncnc(N)c23)c1. The van der Waals surface area contributed by atoms with E-state index < -0.39 is 0 Å². The van der Waals surface area contributed by atoms with Gasteiger partial charge in [-0.3, -0.25) is 0 Å². The van der Waals surface area contributed by atoms with Crippen molar-refractivity contribution in [3.8, 4) is 0 Å². The predicted molar refractivity (Wildman–Crippen MR) is 91.7 cm³/mol. The Bertz CT molecular complexity index is 847. The molecular formula is C17H20N6. The fourth-order valence-electron chi connectivity index (χ4n) is 3.35. The van der Waals surface area contributed by atoms with Gasteiger partial charge < -0.3 is 11.1 Å². The van der Waals surface area contributed by atoms with E-state index in [0.29, 0.717) is 11.9 Å². The average molecular weight is 308 g/mol. The number of fused-ring (bicyclic) bond motifs is 1. The lowest BCUT2D eigenvalue weighted by Gasteiger charge is -2.10. The van der Waals surface area contributed by atoms with Gasteiger partial charge in [-0.1, -0.05) is 25.0 Å². The van der Waals surface area contributed by atoms with Crippen LogP contribution in [0.25, 0.3) is 11.0 Å². The van der Waals surface area contributed by atoms with Gasteiger partial charge in [-0.25, -0.2) is 14.6 Å². The first-order valence-electron chi connectivity index (χ1n) is 8.05. The molecule has 1 saturated carbocycles. The Labute approximate surface area is 134 Å². The molecule has 3 aromatic rings. The van der Waals surface area contributed by atoms with Crippen molar-refractivity contribution in [1.29, 1.82) is 0 Å². The molecule has 23 heavy (non-hydrogen) atoms. The van der Waals surface area contributed by atoms with Gasteiger partial charge in [0.2, 0.25) is 0 Å². The summed E-state index contributed by atoms with van der Waals surface area (Å²) < 4.78 is 2.03. The van der Waals surface area contributed by atoms with E-state index in [0.717, 1.165) is 35.4 Å². The van der Waals surface area contributed by atoms with E-state index >= 15 is 0 Å². The summed E-state index contributed by atoms with van der Waals surface area (Å²) in [6, 6.07) is 8.60. The van der Waals surface area contributed by atoms with Gasteiger partial charge in [-0.15, -0.1) is 0 Å². The molecule has 0 unspecified atom stereocenters. The van der Waals surface area contributed by atoms with E-state index in [1.807, 2.05) is 16.8 Å². The lowest BCUT2D eigenvalue weighted by molar-refractivity contribution is 0.480. The van der Waals surface area contributed by atoms with E-state index in [-0.39, 0.29) is 0 Å². The van der Waals surface area contributed by atoms with Crippen molar-refractivity contribution in [3.05, 3.63) is 36.2 Å². The summed E-state index contributed by atoms with van der Waals surface area (Å²) in [6.45, 7) is 2.07. The van der Waals surface area contributed by atoms with Gasteiger partial charge in [-0.05, 0) is 37.5 Å². The summed E-state index contributed by atoms with van der Waals surface area (Å²) in [7, 11) is 0. The molecule has 2 aromatic heterocycles. The Morgan fingerprint density at radius 2 is 2.04 bits per heavy atom. The lowest BCUT2D eigenvalue weighted by atomic mass is 10.2. The first kappa shape index (κ1) is 14.0. The van der Waals surface area contributed by atoms with Gasteiger partial charge in [0.1, 0.15) is 17.5 Å². The maximum Gasteiger partial charge on any atom is 0.165 e. The Balaban J connectivity index is 1.82. The lowest BCUT2D eigenvalue weighted by Crippen LogP contribution is -2.07. The van der Waals surface area contributed by atoms with E-state index in [9.17, 15) is 0 Å². The number of benzene rings is 1. The molecule has 0 spiro atoms. The van der Waals surface area contributed by atoms with Crippen molar-refractivity contribution < 1.29 is 0 Å². The smallest absolute Gasteiger partial charge is 0.165 e. The Morgan fingerprint density at radius 1 is 1.22 bits per heavy atom. The van der Waals surface area contributed by atoms with E-state index in [4.69, 9.17) is 10.8 Å². The van der Waals surface area contributed by atoms with Crippen LogP contribution >= 0.6 is 0 Å². The van der Waals surface area contributed by atoms with Crippen molar-refractivity contribution in [2.75, 3.05) is 11.1 Å². The third-order valence-corrected chi connectivity index (χ3v) is 4.47. The molecule has 0 radical (unpaired) electrons. The molecule has 0 aliphatic heterocycles. The first-order valence-corrected chi connectivity index (χ1v) is 8.05. The summed E-state index contributed by atoms with van der Waals surface area (Å²) >= 11 is 0. The maximum atomic E-state index is 6.11. The molecule has 0 bridgehead atoms. The fourth-order valence-corrected chi connectivity index (χ4v) is 3.35. The van der Waals surface area contributed by atoms with Crippen molar-refractivity contribution in [2.45, 2.75) is 38.6 Å². The molecule has 1 aliphatic carbocycles. The molecule has 118 valence electrons. The highest BCUT2D eigenvalue weighted by Crippen LogP contribution is 2.35. The van der Waals surface area contributed by atoms with E-state index in [1.165, 1.54) is 24.7 Å². The topological polar surface area (TPSA) is 81.7 Å². The Hall–Kier alpha value is -2.63. The van der Waals surface area contributed by atoms with Crippen LogP contribution in [0.3, 0.4) is 0 Å². The molecule has 6 heteroatoms. The summed E-state index contributed by atoms with van der Waals surface area (Å²) in [5, 5.41) is 8.97. The molecule has 6 nitrogen and oxygen atoms in total. The van der Waals surface area contributed by atoms with Crippen LogP contribution in [-0.2, 0) is 0 Å². The van der Waals surface area contributed by atoms with Crippen molar-refractivity contribution in [3.63, 3.8) is 0 Å². The molecule has 3 N–H and O–H groups in total. The Kier molecular flexibility index (Phi) is 3.37. The number of nitrogens with one attached hydrogen (secondary N) is 1. The zero-order chi connectivity index (χ0) is 15.8. The zero-order valence-corrected chi connectivity index (χ0v) is 13.2. The van der Waals surface area contributed by atoms with Crippen LogP contribution in [0.15, 0.2) is 30.6 Å². The minimum atomic E-state index is 0.403. The van der Waals surface area contributed by atoms with Crippen molar-refractivity contribution >= 4 is 28.4 Å². The zero-order valence-electron chi connectivity index (χ0n) is 13.2. The Morgan fingerprint density at radius 3 is 2.83 bits per heavy atom. The van der Waals surface area contributed by atoms with Crippen molar-refractivity contribution in [2.24, 2.45) is 0 Å². The molecule has 0 atom stereocenters. The largest absolute Gasteiger partial charge is 0.383 e. The number of anilines is 3. The number of rotatable bonds is 3. The number of aryl methyl sites for hydroxylation is 1. The third kappa shape index (κ3) is 2.50. The second kappa shape index (κ2) is 5.53. The second-order valence-corrected chi connectivity index (χ2v) is 6.18. The molecule has 4 rings (SSSR count). The van der Waals surface area contributed by atoms with Crippen molar-refractivity contribution in [1.82, 2.24) is 19.7 Å². The highest BCUT2D eigenvalue weighted by molar-refractivity contribution is 5.97. The highest BCUT2D eigenvalue weighted by atomic mass is 15.4. The van der Waals surface area contributed by atoms with Crippen LogP contribution in [0.4, 0.5) is 17.3 Å². The number of nitrogen functional groups attached to an aromatic ring is 1. The molecule has 1 aromatic carbocycles. The molecule has 1 aliphatic rings. The number of nitrogens with two attached hydrogens (primary N) is 1. The fraction of sp³-hybridized carbons (Fsp3) is 0.353. The summed E-state index contributed by atoms with van der Waals surface area (Å²) in [5.41, 5.74) is 9.11. The number of aromatic nitrogens is 4. The van der Waals surface area contributed by atoms with E-state index in [1.54, 1.807) is 0 Å². The molecule has 2 heterocycles. The van der Waals surface area contributed by atoms with Crippen LogP contribution in [0, 0.1) is 6.92 Å². The van der Waals surface area contributed by atoms with Gasteiger partial charge in [0, 0.05) is 5.69 Å². The minimum absolute atomic E-state index is 0.403. The van der Waals surface area contributed by atoms with Gasteiger partial charge >= 0.3 is 0 Å². The van der Waals surface area contributed by atoms with Gasteiger partial charge in [0.25, 0.3) is 0 Å². The van der Waals surface area contributed by atoms with Gasteiger partial charge in [-0.2, -0.15) is 5.10 Å². The molecule has 1 fully saturated rings. The van der Waals surface area contributed by atoms with E-state index in [2.05, 4.69) is 34.3 Å². The molecule has 0 amide bonds. The molecule has 0 saturated heterocycles. The summed E-state index contributed by atoms with van der Waals surface area (Å²) in [6.07, 6.45) is 6.29. The highest BCUT2D eigenvalue weighted by Gasteiger charge is 2.23. The normalized spacial score (nSPS) is 15.3. The predicted octanol–water partition coefficient (Wildman–Crippen LogP) is 3.58. The number of hydrogen-bond donors (Lipinski definition) is 2.